The smallest absolute Gasteiger partial charge is 0.216 e. The number of hydrogen-bond acceptors (Lipinski definition) is 3. The monoisotopic (exact) mass is 289 g/mol. The molecule has 2 rings (SSSR count). The molecule has 110 valence electrons. The molecule has 0 aliphatic carbocycles. The lowest BCUT2D eigenvalue weighted by molar-refractivity contribution is 0.0916. The molecule has 0 saturated carbocycles. The molecule has 0 radical (unpaired) electrons. The number of ether oxygens (including phenoxy) is 1. The molecule has 0 saturated heterocycles. The zero-order chi connectivity index (χ0) is 15.6. The molecule has 1 aromatic heterocycles. The van der Waals surface area contributed by atoms with E-state index in [2.05, 4.69) is 4.98 Å². The molecule has 0 unspecified atom stereocenters. The van der Waals surface area contributed by atoms with E-state index in [4.69, 9.17) is 4.74 Å². The van der Waals surface area contributed by atoms with E-state index in [-0.39, 0.29) is 23.9 Å². The number of hydrogen-bond donors (Lipinski definition) is 1. The summed E-state index contributed by atoms with van der Waals surface area (Å²) in [6, 6.07) is 5.59. The summed E-state index contributed by atoms with van der Waals surface area (Å²) in [4.78, 5) is 26.6. The van der Waals surface area contributed by atoms with E-state index in [1.165, 1.54) is 25.1 Å². The van der Waals surface area contributed by atoms with Crippen LogP contribution in [0.4, 0.5) is 4.39 Å². The Morgan fingerprint density at radius 2 is 2.00 bits per heavy atom. The van der Waals surface area contributed by atoms with Gasteiger partial charge in [0.15, 0.2) is 12.4 Å². The van der Waals surface area contributed by atoms with Gasteiger partial charge < -0.3 is 9.72 Å². The number of halogens is 1. The second-order valence-corrected chi connectivity index (χ2v) is 4.85. The minimum atomic E-state index is -0.425. The first-order valence-electron chi connectivity index (χ1n) is 6.51. The molecule has 0 bridgehead atoms. The summed E-state index contributed by atoms with van der Waals surface area (Å²) in [7, 11) is 0. The van der Waals surface area contributed by atoms with Gasteiger partial charge in [0.05, 0.1) is 5.69 Å². The van der Waals surface area contributed by atoms with Crippen LogP contribution in [0.15, 0.2) is 24.3 Å². The van der Waals surface area contributed by atoms with Gasteiger partial charge >= 0.3 is 0 Å². The van der Waals surface area contributed by atoms with Gasteiger partial charge in [0.2, 0.25) is 5.78 Å². The van der Waals surface area contributed by atoms with Crippen molar-refractivity contribution in [2.75, 3.05) is 6.61 Å². The molecule has 0 spiro atoms. The number of rotatable bonds is 5. The lowest BCUT2D eigenvalue weighted by atomic mass is 10.1. The summed E-state index contributed by atoms with van der Waals surface area (Å²) in [5, 5.41) is 0. The Balaban J connectivity index is 2.14. The second-order valence-electron chi connectivity index (χ2n) is 4.85. The lowest BCUT2D eigenvalue weighted by Gasteiger charge is -2.05. The second kappa shape index (κ2) is 5.91. The van der Waals surface area contributed by atoms with Gasteiger partial charge in [-0.1, -0.05) is 6.07 Å². The third-order valence-corrected chi connectivity index (χ3v) is 3.23. The van der Waals surface area contributed by atoms with Crippen molar-refractivity contribution in [2.45, 2.75) is 20.8 Å². The number of carbonyl (C=O) groups is 2. The lowest BCUT2D eigenvalue weighted by Crippen LogP contribution is -2.13. The van der Waals surface area contributed by atoms with Crippen LogP contribution in [0.25, 0.3) is 0 Å². The number of aromatic amines is 1. The molecule has 0 aliphatic rings. The van der Waals surface area contributed by atoms with Crippen LogP contribution in [0.1, 0.15) is 39.0 Å². The van der Waals surface area contributed by atoms with Crippen molar-refractivity contribution < 1.29 is 18.7 Å². The molecular weight excluding hydrogens is 273 g/mol. The topological polar surface area (TPSA) is 59.2 Å². The fraction of sp³-hybridized carbons (Fsp3) is 0.250. The van der Waals surface area contributed by atoms with E-state index in [1.807, 2.05) is 0 Å². The van der Waals surface area contributed by atoms with Crippen LogP contribution >= 0.6 is 0 Å². The average molecular weight is 289 g/mol. The van der Waals surface area contributed by atoms with Gasteiger partial charge in [-0.2, -0.15) is 0 Å². The van der Waals surface area contributed by atoms with Crippen molar-refractivity contribution in [1.29, 1.82) is 0 Å². The molecule has 2 aromatic rings. The largest absolute Gasteiger partial charge is 0.485 e. The molecule has 5 heteroatoms. The highest BCUT2D eigenvalue weighted by Crippen LogP contribution is 2.19. The minimum absolute atomic E-state index is 0.0913. The van der Waals surface area contributed by atoms with Crippen LogP contribution in [0, 0.1) is 19.7 Å². The molecule has 0 aliphatic heterocycles. The third-order valence-electron chi connectivity index (χ3n) is 3.23. The first kappa shape index (κ1) is 15.0. The quantitative estimate of drug-likeness (QED) is 0.860. The van der Waals surface area contributed by atoms with Gasteiger partial charge in [0.25, 0.3) is 0 Å². The number of H-pyrrole nitrogens is 1. The van der Waals surface area contributed by atoms with Crippen LogP contribution in [0.3, 0.4) is 0 Å². The van der Waals surface area contributed by atoms with E-state index in [0.29, 0.717) is 22.5 Å². The standard InChI is InChI=1S/C16H16FNO3/c1-9-15(11(3)19)10(2)18-16(9)14(20)8-21-13-6-4-5-12(17)7-13/h4-7,18H,8H2,1-3H3. The number of aryl methyl sites for hydroxylation is 1. The maximum absolute atomic E-state index is 13.0. The zero-order valence-electron chi connectivity index (χ0n) is 12.1. The predicted octanol–water partition coefficient (Wildman–Crippen LogP) is 3.23. The summed E-state index contributed by atoms with van der Waals surface area (Å²) >= 11 is 0. The maximum atomic E-state index is 13.0. The summed E-state index contributed by atoms with van der Waals surface area (Å²) in [5.74, 6) is -0.513. The first-order valence-corrected chi connectivity index (χ1v) is 6.51. The summed E-state index contributed by atoms with van der Waals surface area (Å²) in [5.41, 5.74) is 2.17. The Morgan fingerprint density at radius 1 is 1.29 bits per heavy atom. The Morgan fingerprint density at radius 3 is 2.57 bits per heavy atom. The van der Waals surface area contributed by atoms with Crippen molar-refractivity contribution in [3.63, 3.8) is 0 Å². The molecule has 0 atom stereocenters. The Hall–Kier alpha value is -2.43. The number of nitrogens with one attached hydrogen (secondary N) is 1. The van der Waals surface area contributed by atoms with E-state index in [0.717, 1.165) is 0 Å². The van der Waals surface area contributed by atoms with Crippen LogP contribution in [-0.2, 0) is 0 Å². The molecule has 0 fully saturated rings. The maximum Gasteiger partial charge on any atom is 0.216 e. The van der Waals surface area contributed by atoms with E-state index in [9.17, 15) is 14.0 Å². The first-order chi connectivity index (χ1) is 9.90. The van der Waals surface area contributed by atoms with E-state index >= 15 is 0 Å². The van der Waals surface area contributed by atoms with Crippen LogP contribution < -0.4 is 4.74 Å². The third kappa shape index (κ3) is 3.18. The molecule has 21 heavy (non-hydrogen) atoms. The number of benzene rings is 1. The van der Waals surface area contributed by atoms with Gasteiger partial charge in [-0.05, 0) is 38.5 Å². The fourth-order valence-corrected chi connectivity index (χ4v) is 2.33. The highest BCUT2D eigenvalue weighted by atomic mass is 19.1. The summed E-state index contributed by atoms with van der Waals surface area (Å²) in [6.45, 7) is 4.70. The van der Waals surface area contributed by atoms with E-state index < -0.39 is 5.82 Å². The Labute approximate surface area is 121 Å². The summed E-state index contributed by atoms with van der Waals surface area (Å²) in [6.07, 6.45) is 0. The number of aromatic nitrogens is 1. The van der Waals surface area contributed by atoms with Gasteiger partial charge in [-0.15, -0.1) is 0 Å². The van der Waals surface area contributed by atoms with Crippen molar-refractivity contribution in [3.8, 4) is 5.75 Å². The Bertz CT molecular complexity index is 704. The molecule has 1 N–H and O–H groups in total. The van der Waals surface area contributed by atoms with Crippen molar-refractivity contribution >= 4 is 11.6 Å². The molecule has 1 aromatic carbocycles. The van der Waals surface area contributed by atoms with Crippen LogP contribution in [-0.4, -0.2) is 23.2 Å². The van der Waals surface area contributed by atoms with Gasteiger partial charge in [-0.25, -0.2) is 4.39 Å². The zero-order valence-corrected chi connectivity index (χ0v) is 12.1. The fourth-order valence-electron chi connectivity index (χ4n) is 2.33. The normalized spacial score (nSPS) is 10.5. The minimum Gasteiger partial charge on any atom is -0.485 e. The molecule has 4 nitrogen and oxygen atoms in total. The summed E-state index contributed by atoms with van der Waals surface area (Å²) < 4.78 is 18.3. The van der Waals surface area contributed by atoms with Crippen molar-refractivity contribution in [2.24, 2.45) is 0 Å². The van der Waals surface area contributed by atoms with Gasteiger partial charge in [-0.3, -0.25) is 9.59 Å². The van der Waals surface area contributed by atoms with Gasteiger partial charge in [0, 0.05) is 17.3 Å². The molecular formula is C16H16FNO3. The van der Waals surface area contributed by atoms with Crippen molar-refractivity contribution in [1.82, 2.24) is 4.98 Å². The van der Waals surface area contributed by atoms with Crippen molar-refractivity contribution in [3.05, 3.63) is 52.6 Å². The number of Topliss-reactive ketones (excluding diaryl/α,β-unsaturated/α-hetero) is 2. The van der Waals surface area contributed by atoms with Crippen LogP contribution in [0.2, 0.25) is 0 Å². The van der Waals surface area contributed by atoms with Gasteiger partial charge in [0.1, 0.15) is 11.6 Å². The molecule has 1 heterocycles. The number of ketones is 2. The predicted molar refractivity (Wildman–Crippen MR) is 76.5 cm³/mol. The average Bonchev–Trinajstić information content (AvgIpc) is 2.71. The highest BCUT2D eigenvalue weighted by Gasteiger charge is 2.20. The highest BCUT2D eigenvalue weighted by molar-refractivity contribution is 6.03. The Kier molecular flexibility index (Phi) is 4.21. The number of carbonyl (C=O) groups excluding carboxylic acids is 2. The molecule has 0 amide bonds. The van der Waals surface area contributed by atoms with Crippen LogP contribution in [0.5, 0.6) is 5.75 Å². The SMILES string of the molecule is CC(=O)c1c(C)[nH]c(C(=O)COc2cccc(F)c2)c1C. The van der Waals surface area contributed by atoms with E-state index in [1.54, 1.807) is 19.9 Å².